The number of sulfonamides is 1. The molecule has 1 spiro atoms. The highest BCUT2D eigenvalue weighted by molar-refractivity contribution is 7.90. The van der Waals surface area contributed by atoms with E-state index in [0.717, 1.165) is 24.9 Å². The number of carbonyl (C=O) groups excluding carboxylic acids is 2. The van der Waals surface area contributed by atoms with Gasteiger partial charge in [-0.05, 0) is 54.5 Å². The molecular weight excluding hydrogens is 502 g/mol. The van der Waals surface area contributed by atoms with Crippen LogP contribution in [0.5, 0.6) is 5.75 Å². The SMILES string of the molecule is O=C1NS(=O)(=O)CC=CCNC(=O)C2CCC2CN2CC3(CC=Cc4ccccc43)COc3ccc1cc32. The zero-order valence-electron chi connectivity index (χ0n) is 21.1. The molecule has 198 valence electrons. The monoisotopic (exact) mass is 533 g/mol. The Morgan fingerprint density at radius 3 is 2.74 bits per heavy atom. The van der Waals surface area contributed by atoms with E-state index < -0.39 is 15.9 Å². The van der Waals surface area contributed by atoms with E-state index in [1.807, 2.05) is 6.07 Å². The maximum atomic E-state index is 13.0. The van der Waals surface area contributed by atoms with E-state index in [4.69, 9.17) is 4.74 Å². The average Bonchev–Trinajstić information content (AvgIpc) is 3.03. The van der Waals surface area contributed by atoms with Gasteiger partial charge in [0.25, 0.3) is 5.91 Å². The number of nitrogens with zero attached hydrogens (tertiary/aromatic N) is 1. The molecule has 3 unspecified atom stereocenters. The van der Waals surface area contributed by atoms with Crippen LogP contribution >= 0.6 is 0 Å². The van der Waals surface area contributed by atoms with Crippen molar-refractivity contribution < 1.29 is 22.7 Å². The number of carbonyl (C=O) groups is 2. The minimum atomic E-state index is -3.88. The summed E-state index contributed by atoms with van der Waals surface area (Å²) in [5.74, 6) is -0.313. The van der Waals surface area contributed by atoms with Crippen LogP contribution in [0.15, 0.2) is 60.7 Å². The molecule has 2 aromatic rings. The topological polar surface area (TPSA) is 105 Å². The van der Waals surface area contributed by atoms with Crippen LogP contribution < -0.4 is 19.7 Å². The molecule has 0 saturated heterocycles. The fraction of sp³-hybridized carbons (Fsp3) is 0.379. The summed E-state index contributed by atoms with van der Waals surface area (Å²) >= 11 is 0. The molecular formula is C29H31N3O5S. The summed E-state index contributed by atoms with van der Waals surface area (Å²) in [6.45, 7) is 2.01. The summed E-state index contributed by atoms with van der Waals surface area (Å²) in [6.07, 6.45) is 9.97. The lowest BCUT2D eigenvalue weighted by Gasteiger charge is -2.43. The van der Waals surface area contributed by atoms with Crippen molar-refractivity contribution in [3.05, 3.63) is 77.4 Å². The molecule has 2 N–H and O–H groups in total. The summed E-state index contributed by atoms with van der Waals surface area (Å²) in [5, 5.41) is 2.92. The number of hydrogen-bond acceptors (Lipinski definition) is 6. The van der Waals surface area contributed by atoms with E-state index in [0.29, 0.717) is 25.4 Å². The molecule has 3 atom stereocenters. The molecule has 2 amide bonds. The Hall–Kier alpha value is -3.59. The van der Waals surface area contributed by atoms with Crippen molar-refractivity contribution in [1.82, 2.24) is 10.0 Å². The van der Waals surface area contributed by atoms with E-state index in [-0.39, 0.29) is 41.0 Å². The van der Waals surface area contributed by atoms with Gasteiger partial charge in [-0.25, -0.2) is 13.1 Å². The van der Waals surface area contributed by atoms with Crippen molar-refractivity contribution in [2.75, 3.05) is 36.9 Å². The molecule has 6 rings (SSSR count). The fourth-order valence-electron chi connectivity index (χ4n) is 6.06. The van der Waals surface area contributed by atoms with Crippen LogP contribution in [0.1, 0.15) is 40.7 Å². The van der Waals surface area contributed by atoms with E-state index >= 15 is 0 Å². The molecule has 2 aliphatic heterocycles. The number of amides is 2. The lowest BCUT2D eigenvalue weighted by Crippen LogP contribution is -2.50. The molecule has 2 aromatic carbocycles. The third-order valence-electron chi connectivity index (χ3n) is 8.23. The number of ether oxygens (including phenoxy) is 1. The zero-order chi connectivity index (χ0) is 26.3. The van der Waals surface area contributed by atoms with Crippen molar-refractivity contribution in [3.8, 4) is 5.75 Å². The van der Waals surface area contributed by atoms with E-state index in [9.17, 15) is 18.0 Å². The third kappa shape index (κ3) is 4.60. The molecule has 2 heterocycles. The number of nitrogens with one attached hydrogen (secondary N) is 2. The van der Waals surface area contributed by atoms with E-state index in [1.54, 1.807) is 24.3 Å². The summed E-state index contributed by atoms with van der Waals surface area (Å²) in [7, 11) is -3.88. The number of fused-ring (bicyclic) bond motifs is 4. The Morgan fingerprint density at radius 1 is 1.03 bits per heavy atom. The second-order valence-electron chi connectivity index (χ2n) is 10.7. The number of hydrogen-bond donors (Lipinski definition) is 2. The first-order valence-corrected chi connectivity index (χ1v) is 14.7. The maximum absolute atomic E-state index is 13.0. The highest BCUT2D eigenvalue weighted by atomic mass is 32.2. The normalized spacial score (nSPS) is 28.2. The average molecular weight is 534 g/mol. The smallest absolute Gasteiger partial charge is 0.264 e. The quantitative estimate of drug-likeness (QED) is 0.505. The molecule has 38 heavy (non-hydrogen) atoms. The van der Waals surface area contributed by atoms with Crippen LogP contribution in [0.2, 0.25) is 0 Å². The lowest BCUT2D eigenvalue weighted by atomic mass is 9.71. The highest BCUT2D eigenvalue weighted by Crippen LogP contribution is 2.45. The van der Waals surface area contributed by atoms with Gasteiger partial charge in [0.2, 0.25) is 15.9 Å². The Bertz CT molecular complexity index is 1450. The van der Waals surface area contributed by atoms with Gasteiger partial charge in [0, 0.05) is 31.1 Å². The Balaban J connectivity index is 1.42. The molecule has 2 aliphatic carbocycles. The zero-order valence-corrected chi connectivity index (χ0v) is 21.9. The van der Waals surface area contributed by atoms with Gasteiger partial charge in [0.05, 0.1) is 23.5 Å². The number of anilines is 1. The summed E-state index contributed by atoms with van der Waals surface area (Å²) in [4.78, 5) is 28.2. The molecule has 9 heteroatoms. The van der Waals surface area contributed by atoms with Gasteiger partial charge >= 0.3 is 0 Å². The van der Waals surface area contributed by atoms with Gasteiger partial charge in [-0.3, -0.25) is 9.59 Å². The van der Waals surface area contributed by atoms with Gasteiger partial charge < -0.3 is 15.0 Å². The number of benzene rings is 2. The lowest BCUT2D eigenvalue weighted by molar-refractivity contribution is -0.129. The Kier molecular flexibility index (Phi) is 6.26. The molecule has 0 radical (unpaired) electrons. The Morgan fingerprint density at radius 2 is 1.89 bits per heavy atom. The third-order valence-corrected chi connectivity index (χ3v) is 9.36. The second kappa shape index (κ2) is 9.62. The molecule has 4 aliphatic rings. The van der Waals surface area contributed by atoms with Crippen LogP contribution in [0.25, 0.3) is 6.08 Å². The van der Waals surface area contributed by atoms with Crippen LogP contribution in [-0.4, -0.2) is 52.2 Å². The van der Waals surface area contributed by atoms with Crippen LogP contribution in [0.4, 0.5) is 5.69 Å². The molecule has 1 saturated carbocycles. The van der Waals surface area contributed by atoms with Gasteiger partial charge in [0.1, 0.15) is 5.75 Å². The summed E-state index contributed by atoms with van der Waals surface area (Å²) in [6, 6.07) is 13.4. The maximum Gasteiger partial charge on any atom is 0.264 e. The molecule has 2 bridgehead atoms. The molecule has 8 nitrogen and oxygen atoms in total. The van der Waals surface area contributed by atoms with E-state index in [2.05, 4.69) is 45.3 Å². The summed E-state index contributed by atoms with van der Waals surface area (Å²) in [5.41, 5.74) is 3.09. The predicted molar refractivity (Wildman–Crippen MR) is 146 cm³/mol. The molecule has 1 fully saturated rings. The highest BCUT2D eigenvalue weighted by Gasteiger charge is 2.43. The van der Waals surface area contributed by atoms with E-state index in [1.165, 1.54) is 17.2 Å². The van der Waals surface area contributed by atoms with Gasteiger partial charge in [-0.1, -0.05) is 48.6 Å². The summed E-state index contributed by atoms with van der Waals surface area (Å²) < 4.78 is 33.6. The van der Waals surface area contributed by atoms with Crippen LogP contribution in [0, 0.1) is 11.8 Å². The van der Waals surface area contributed by atoms with Crippen LogP contribution in [0.3, 0.4) is 0 Å². The van der Waals surface area contributed by atoms with Crippen molar-refractivity contribution in [2.45, 2.75) is 24.7 Å². The minimum Gasteiger partial charge on any atom is -0.490 e. The van der Waals surface area contributed by atoms with Gasteiger partial charge in [-0.2, -0.15) is 0 Å². The minimum absolute atomic E-state index is 0.00476. The van der Waals surface area contributed by atoms with Crippen molar-refractivity contribution >= 4 is 33.6 Å². The standard InChI is InChI=1S/C29H31N3O5S/c33-27-21-10-12-26-25(16-21)32(18-29(19-37-26)13-5-7-20-6-1-2-8-24(20)29)17-22-9-11-23(22)28(34)30-14-3-4-15-38(35,36)31-27/h1-8,10,12,16,22-23H,9,11,13-15,17-19H2,(H,30,34)(H,31,33). The first-order chi connectivity index (χ1) is 18.3. The van der Waals surface area contributed by atoms with Crippen molar-refractivity contribution in [1.29, 1.82) is 0 Å². The fourth-order valence-corrected chi connectivity index (χ4v) is 6.94. The second-order valence-corrected chi connectivity index (χ2v) is 12.5. The number of allylic oxidation sites excluding steroid dienone is 1. The van der Waals surface area contributed by atoms with Gasteiger partial charge in [-0.15, -0.1) is 0 Å². The van der Waals surface area contributed by atoms with Gasteiger partial charge in [0.15, 0.2) is 0 Å². The Labute approximate surface area is 222 Å². The predicted octanol–water partition coefficient (Wildman–Crippen LogP) is 3.01. The van der Waals surface area contributed by atoms with Crippen molar-refractivity contribution in [3.63, 3.8) is 0 Å². The largest absolute Gasteiger partial charge is 0.490 e. The van der Waals surface area contributed by atoms with Crippen LogP contribution in [-0.2, 0) is 20.2 Å². The first kappa shape index (κ1) is 24.7. The van der Waals surface area contributed by atoms with Crippen molar-refractivity contribution in [2.24, 2.45) is 11.8 Å². The molecule has 0 aromatic heterocycles. The number of rotatable bonds is 0. The first-order valence-electron chi connectivity index (χ1n) is 13.1.